The van der Waals surface area contributed by atoms with Gasteiger partial charge in [-0.05, 0) is 50.7 Å². The van der Waals surface area contributed by atoms with Crippen LogP contribution in [0.15, 0.2) is 27.8 Å². The van der Waals surface area contributed by atoms with Crippen molar-refractivity contribution in [1.82, 2.24) is 14.1 Å². The molecule has 1 N–H and O–H groups in total. The number of benzene rings is 1. The van der Waals surface area contributed by atoms with Gasteiger partial charge < -0.3 is 10.2 Å². The molecule has 0 atom stereocenters. The van der Waals surface area contributed by atoms with Crippen LogP contribution in [0.5, 0.6) is 0 Å². The number of thiazole rings is 1. The number of piperidine rings is 1. The quantitative estimate of drug-likeness (QED) is 0.616. The molecule has 2 aromatic heterocycles. The molecule has 0 radical (unpaired) electrons. The number of nitrogens with one attached hydrogen (secondary N) is 1. The van der Waals surface area contributed by atoms with Crippen LogP contribution in [0.25, 0.3) is 10.3 Å². The molecule has 3 aromatic rings. The summed E-state index contributed by atoms with van der Waals surface area (Å²) in [6, 6.07) is 5.80. The van der Waals surface area contributed by atoms with Crippen LogP contribution >= 0.6 is 11.3 Å². The van der Waals surface area contributed by atoms with E-state index in [1.807, 2.05) is 39.0 Å². The fourth-order valence-corrected chi connectivity index (χ4v) is 5.26. The van der Waals surface area contributed by atoms with Crippen molar-refractivity contribution in [3.63, 3.8) is 0 Å². The summed E-state index contributed by atoms with van der Waals surface area (Å²) in [6.45, 7) is 7.67. The molecule has 3 heterocycles. The molecule has 1 aliphatic heterocycles. The fourth-order valence-electron chi connectivity index (χ4n) is 4.19. The second-order valence-corrected chi connectivity index (χ2v) is 9.31. The first-order valence-electron chi connectivity index (χ1n) is 11.2. The molecule has 32 heavy (non-hydrogen) atoms. The smallest absolute Gasteiger partial charge is 0.333 e. The minimum atomic E-state index is -0.489. The van der Waals surface area contributed by atoms with E-state index in [0.29, 0.717) is 23.3 Å². The highest BCUT2D eigenvalue weighted by atomic mass is 32.1. The number of anilines is 2. The Kier molecular flexibility index (Phi) is 6.45. The average molecular weight is 456 g/mol. The Morgan fingerprint density at radius 1 is 1.09 bits per heavy atom. The highest BCUT2D eigenvalue weighted by Gasteiger charge is 2.22. The molecule has 1 aromatic carbocycles. The lowest BCUT2D eigenvalue weighted by Crippen LogP contribution is -2.41. The monoisotopic (exact) mass is 455 g/mol. The molecule has 0 aliphatic carbocycles. The average Bonchev–Trinajstić information content (AvgIpc) is 3.23. The minimum Gasteiger partial charge on any atom is -0.348 e. The van der Waals surface area contributed by atoms with Crippen LogP contribution in [0, 0.1) is 13.8 Å². The number of carbonyl (C=O) groups excluding carboxylic acids is 1. The van der Waals surface area contributed by atoms with Crippen LogP contribution in [0.4, 0.5) is 10.8 Å². The van der Waals surface area contributed by atoms with Gasteiger partial charge in [-0.3, -0.25) is 18.7 Å². The molecule has 170 valence electrons. The number of aryl methyl sites for hydroxylation is 2. The lowest BCUT2D eigenvalue weighted by atomic mass is 10.1. The van der Waals surface area contributed by atoms with Crippen molar-refractivity contribution in [3.8, 4) is 0 Å². The molecule has 4 rings (SSSR count). The first-order valence-corrected chi connectivity index (χ1v) is 12.0. The summed E-state index contributed by atoms with van der Waals surface area (Å²) in [7, 11) is 0. The predicted octanol–water partition coefficient (Wildman–Crippen LogP) is 3.28. The third-order valence-corrected chi connectivity index (χ3v) is 6.97. The highest BCUT2D eigenvalue weighted by molar-refractivity contribution is 7.22. The molecule has 8 nitrogen and oxygen atoms in total. The van der Waals surface area contributed by atoms with E-state index >= 15 is 0 Å². The molecule has 1 fully saturated rings. The summed E-state index contributed by atoms with van der Waals surface area (Å²) < 4.78 is 3.00. The molecule has 0 spiro atoms. The number of nitrogens with zero attached hydrogens (tertiary/aromatic N) is 4. The number of carbonyl (C=O) groups is 1. The number of amides is 1. The number of aromatic nitrogens is 3. The van der Waals surface area contributed by atoms with Crippen molar-refractivity contribution in [3.05, 3.63) is 50.2 Å². The second-order valence-electron chi connectivity index (χ2n) is 8.34. The van der Waals surface area contributed by atoms with Gasteiger partial charge in [0.15, 0.2) is 10.8 Å². The van der Waals surface area contributed by atoms with Crippen molar-refractivity contribution in [2.45, 2.75) is 59.5 Å². The molecular formula is C23H29N5O3S. The molecule has 0 saturated carbocycles. The zero-order valence-corrected chi connectivity index (χ0v) is 19.6. The van der Waals surface area contributed by atoms with Gasteiger partial charge >= 0.3 is 5.69 Å². The van der Waals surface area contributed by atoms with Gasteiger partial charge in [-0.25, -0.2) is 9.78 Å². The van der Waals surface area contributed by atoms with Crippen LogP contribution in [0.1, 0.15) is 43.7 Å². The number of hydrogen-bond donors (Lipinski definition) is 1. The van der Waals surface area contributed by atoms with Crippen LogP contribution in [-0.4, -0.2) is 33.1 Å². The van der Waals surface area contributed by atoms with Gasteiger partial charge in [0.1, 0.15) is 11.2 Å². The van der Waals surface area contributed by atoms with E-state index < -0.39 is 5.69 Å². The van der Waals surface area contributed by atoms with Crippen molar-refractivity contribution in [1.29, 1.82) is 0 Å². The third-order valence-electron chi connectivity index (χ3n) is 5.88. The van der Waals surface area contributed by atoms with E-state index in [2.05, 4.69) is 15.2 Å². The van der Waals surface area contributed by atoms with Gasteiger partial charge in [-0.1, -0.05) is 36.5 Å². The van der Waals surface area contributed by atoms with Gasteiger partial charge in [-0.2, -0.15) is 0 Å². The maximum atomic E-state index is 13.2. The van der Waals surface area contributed by atoms with Crippen LogP contribution in [-0.2, 0) is 17.9 Å². The Balaban J connectivity index is 1.76. The van der Waals surface area contributed by atoms with Crippen LogP contribution < -0.4 is 21.5 Å². The summed E-state index contributed by atoms with van der Waals surface area (Å²) in [5.41, 5.74) is 2.14. The maximum absolute atomic E-state index is 13.2. The van der Waals surface area contributed by atoms with E-state index in [-0.39, 0.29) is 18.0 Å². The van der Waals surface area contributed by atoms with Crippen molar-refractivity contribution >= 4 is 38.4 Å². The summed E-state index contributed by atoms with van der Waals surface area (Å²) in [4.78, 5) is 46.0. The standard InChI is InChI=1S/C23H29N5O3S/c1-4-11-27-21(30)19-20(25-22(32-19)26-12-6-5-7-13-26)28(23(27)31)14-17(29)24-18-15(2)9-8-10-16(18)3/h8-10H,4-7,11-14H2,1-3H3,(H,24,29). The van der Waals surface area contributed by atoms with Crippen LogP contribution in [0.2, 0.25) is 0 Å². The summed E-state index contributed by atoms with van der Waals surface area (Å²) in [6.07, 6.45) is 4.00. The van der Waals surface area contributed by atoms with E-state index in [9.17, 15) is 14.4 Å². The first-order chi connectivity index (χ1) is 15.4. The largest absolute Gasteiger partial charge is 0.348 e. The SMILES string of the molecule is CCCn1c(=O)c2sc(N3CCCCC3)nc2n(CC(=O)Nc2c(C)cccc2C)c1=O. The summed E-state index contributed by atoms with van der Waals surface area (Å²) >= 11 is 1.32. The zero-order valence-electron chi connectivity index (χ0n) is 18.8. The van der Waals surface area contributed by atoms with Gasteiger partial charge in [0.25, 0.3) is 5.56 Å². The van der Waals surface area contributed by atoms with E-state index in [4.69, 9.17) is 0 Å². The molecule has 1 saturated heterocycles. The molecule has 9 heteroatoms. The van der Waals surface area contributed by atoms with E-state index in [0.717, 1.165) is 47.9 Å². The predicted molar refractivity (Wildman–Crippen MR) is 129 cm³/mol. The zero-order chi connectivity index (χ0) is 22.8. The third kappa shape index (κ3) is 4.21. The van der Waals surface area contributed by atoms with Crippen LogP contribution in [0.3, 0.4) is 0 Å². The molecule has 0 bridgehead atoms. The summed E-state index contributed by atoms with van der Waals surface area (Å²) in [5.74, 6) is -0.319. The molecule has 0 unspecified atom stereocenters. The van der Waals surface area contributed by atoms with Crippen molar-refractivity contribution in [2.75, 3.05) is 23.3 Å². The minimum absolute atomic E-state index is 0.198. The molecule has 1 amide bonds. The number of para-hydroxylation sites is 1. The van der Waals surface area contributed by atoms with Crippen molar-refractivity contribution in [2.24, 2.45) is 0 Å². The highest BCUT2D eigenvalue weighted by Crippen LogP contribution is 2.28. The Morgan fingerprint density at radius 2 is 1.78 bits per heavy atom. The van der Waals surface area contributed by atoms with E-state index in [1.54, 1.807) is 0 Å². The maximum Gasteiger partial charge on any atom is 0.333 e. The van der Waals surface area contributed by atoms with Gasteiger partial charge in [0.05, 0.1) is 0 Å². The Labute approximate surface area is 190 Å². The second kappa shape index (κ2) is 9.28. The van der Waals surface area contributed by atoms with Gasteiger partial charge in [0, 0.05) is 25.3 Å². The number of hydrogen-bond acceptors (Lipinski definition) is 6. The lowest BCUT2D eigenvalue weighted by molar-refractivity contribution is -0.116. The topological polar surface area (TPSA) is 89.2 Å². The van der Waals surface area contributed by atoms with Crippen molar-refractivity contribution < 1.29 is 4.79 Å². The Morgan fingerprint density at radius 3 is 2.44 bits per heavy atom. The lowest BCUT2D eigenvalue weighted by Gasteiger charge is -2.25. The molecule has 1 aliphatic rings. The number of fused-ring (bicyclic) bond motifs is 1. The fraction of sp³-hybridized carbons (Fsp3) is 0.478. The van der Waals surface area contributed by atoms with Gasteiger partial charge in [-0.15, -0.1) is 0 Å². The Hall–Kier alpha value is -2.94. The van der Waals surface area contributed by atoms with E-state index in [1.165, 1.54) is 26.9 Å². The van der Waals surface area contributed by atoms with Gasteiger partial charge in [0.2, 0.25) is 5.91 Å². The Bertz CT molecular complexity index is 1250. The molecular weight excluding hydrogens is 426 g/mol. The first kappa shape index (κ1) is 22.3. The number of rotatable bonds is 6. The summed E-state index contributed by atoms with van der Waals surface area (Å²) in [5, 5.41) is 3.68. The normalized spacial score (nSPS) is 14.2.